The summed E-state index contributed by atoms with van der Waals surface area (Å²) in [6, 6.07) is 6.05. The van der Waals surface area contributed by atoms with Crippen molar-refractivity contribution in [3.8, 4) is 11.5 Å². The fourth-order valence-electron chi connectivity index (χ4n) is 3.45. The quantitative estimate of drug-likeness (QED) is 0.631. The van der Waals surface area contributed by atoms with Crippen LogP contribution in [-0.4, -0.2) is 12.2 Å². The Morgan fingerprint density at radius 2 is 1.52 bits per heavy atom. The number of rotatable bonds is 0. The molecule has 0 amide bonds. The lowest BCUT2D eigenvalue weighted by Crippen LogP contribution is -2.05. The molecular formula is C20H25BrN2O2. The van der Waals surface area contributed by atoms with E-state index in [0.717, 1.165) is 40.2 Å². The molecule has 2 aliphatic heterocycles. The fraction of sp³-hybridized carbons (Fsp3) is 0.400. The highest BCUT2D eigenvalue weighted by atomic mass is 79.9. The van der Waals surface area contributed by atoms with E-state index in [-0.39, 0.29) is 12.2 Å². The molecular weight excluding hydrogens is 380 g/mol. The Morgan fingerprint density at radius 3 is 2.24 bits per heavy atom. The Morgan fingerprint density at radius 1 is 0.920 bits per heavy atom. The zero-order valence-electron chi connectivity index (χ0n) is 15.2. The predicted molar refractivity (Wildman–Crippen MR) is 106 cm³/mol. The monoisotopic (exact) mass is 404 g/mol. The Hall–Kier alpha value is -1.88. The molecule has 0 saturated heterocycles. The Labute approximate surface area is 157 Å². The molecule has 4 nitrogen and oxygen atoms in total. The maximum Gasteiger partial charge on any atom is 0.147 e. The molecule has 0 saturated carbocycles. The van der Waals surface area contributed by atoms with Crippen molar-refractivity contribution in [2.24, 2.45) is 0 Å². The van der Waals surface area contributed by atoms with E-state index in [1.165, 1.54) is 22.3 Å². The first kappa shape index (κ1) is 17.9. The van der Waals surface area contributed by atoms with Gasteiger partial charge in [-0.25, -0.2) is 0 Å². The van der Waals surface area contributed by atoms with Gasteiger partial charge in [-0.1, -0.05) is 22.0 Å². The largest absolute Gasteiger partial charge is 0.488 e. The molecule has 2 aliphatic rings. The second kappa shape index (κ2) is 6.79. The number of halogens is 1. The first-order chi connectivity index (χ1) is 11.8. The van der Waals surface area contributed by atoms with Crippen LogP contribution in [0.2, 0.25) is 0 Å². The number of hydrogen-bond donors (Lipinski definition) is 2. The third kappa shape index (κ3) is 3.56. The van der Waals surface area contributed by atoms with E-state index in [0.29, 0.717) is 0 Å². The van der Waals surface area contributed by atoms with Crippen molar-refractivity contribution in [3.63, 3.8) is 0 Å². The lowest BCUT2D eigenvalue weighted by Gasteiger charge is -2.08. The van der Waals surface area contributed by atoms with Gasteiger partial charge in [-0.3, -0.25) is 0 Å². The Kier molecular flexibility index (Phi) is 4.87. The summed E-state index contributed by atoms with van der Waals surface area (Å²) in [7, 11) is 0. The summed E-state index contributed by atoms with van der Waals surface area (Å²) in [5.74, 6) is 1.76. The summed E-state index contributed by atoms with van der Waals surface area (Å²) < 4.78 is 12.3. The fourth-order valence-corrected chi connectivity index (χ4v) is 3.91. The van der Waals surface area contributed by atoms with Crippen LogP contribution >= 0.6 is 15.9 Å². The number of aryl methyl sites for hydroxylation is 2. The molecule has 25 heavy (non-hydrogen) atoms. The number of fused-ring (bicyclic) bond motifs is 2. The molecule has 2 aromatic carbocycles. The van der Waals surface area contributed by atoms with E-state index < -0.39 is 0 Å². The average molecular weight is 405 g/mol. The maximum atomic E-state index is 5.86. The lowest BCUT2D eigenvalue weighted by atomic mass is 10.1. The van der Waals surface area contributed by atoms with Gasteiger partial charge in [0.25, 0.3) is 0 Å². The minimum absolute atomic E-state index is 0.246. The van der Waals surface area contributed by atoms with Gasteiger partial charge >= 0.3 is 0 Å². The molecule has 0 aliphatic carbocycles. The topological polar surface area (TPSA) is 70.5 Å². The van der Waals surface area contributed by atoms with Crippen LogP contribution in [0.4, 0.5) is 11.4 Å². The highest BCUT2D eigenvalue weighted by molar-refractivity contribution is 9.10. The molecule has 2 atom stereocenters. The molecule has 0 aromatic heterocycles. The minimum atomic E-state index is 0.246. The Balaban J connectivity index is 0.000000146. The maximum absolute atomic E-state index is 5.86. The molecule has 0 spiro atoms. The summed E-state index contributed by atoms with van der Waals surface area (Å²) >= 11 is 3.56. The highest BCUT2D eigenvalue weighted by Crippen LogP contribution is 2.41. The number of hydrogen-bond acceptors (Lipinski definition) is 4. The lowest BCUT2D eigenvalue weighted by molar-refractivity contribution is 0.255. The average Bonchev–Trinajstić information content (AvgIpc) is 3.08. The normalized spacial score (nSPS) is 20.0. The van der Waals surface area contributed by atoms with Crippen LogP contribution in [0.5, 0.6) is 11.5 Å². The molecule has 134 valence electrons. The van der Waals surface area contributed by atoms with Gasteiger partial charge in [0, 0.05) is 28.4 Å². The first-order valence-electron chi connectivity index (χ1n) is 8.56. The van der Waals surface area contributed by atoms with Crippen molar-refractivity contribution in [2.75, 3.05) is 11.5 Å². The SMILES string of the molecule is Cc1cc(N)c2c(c1)C[C@@H](C)O2.Cc1cc(N)c2c(c1Br)C[C@@H](C)O2. The molecule has 0 bridgehead atoms. The molecule has 4 rings (SSSR count). The third-order valence-corrected chi connectivity index (χ3v) is 5.60. The van der Waals surface area contributed by atoms with Crippen molar-refractivity contribution in [3.05, 3.63) is 44.9 Å². The van der Waals surface area contributed by atoms with Crippen LogP contribution in [-0.2, 0) is 12.8 Å². The van der Waals surface area contributed by atoms with E-state index in [1.54, 1.807) is 0 Å². The van der Waals surface area contributed by atoms with Gasteiger partial charge in [-0.05, 0) is 51.0 Å². The van der Waals surface area contributed by atoms with E-state index >= 15 is 0 Å². The number of ether oxygens (including phenoxy) is 2. The van der Waals surface area contributed by atoms with Gasteiger partial charge in [0.05, 0.1) is 11.4 Å². The third-order valence-electron chi connectivity index (χ3n) is 4.50. The zero-order valence-corrected chi connectivity index (χ0v) is 16.7. The van der Waals surface area contributed by atoms with Crippen molar-refractivity contribution in [1.82, 2.24) is 0 Å². The Bertz CT molecular complexity index is 820. The van der Waals surface area contributed by atoms with Crippen LogP contribution in [0.15, 0.2) is 22.7 Å². The summed E-state index contributed by atoms with van der Waals surface area (Å²) in [5, 5.41) is 0. The van der Waals surface area contributed by atoms with Crippen LogP contribution in [0.25, 0.3) is 0 Å². The summed E-state index contributed by atoms with van der Waals surface area (Å²) in [5.41, 5.74) is 18.0. The standard InChI is InChI=1S/C10H12BrNO.C10H13NO/c1-5-3-8(12)10-7(9(5)11)4-6(2)13-10;1-6-3-8-5-7(2)12-10(8)9(11)4-6/h3,6H,4,12H2,1-2H3;3-4,7H,5,11H2,1-2H3/t6-;7-/m11/s1. The first-order valence-corrected chi connectivity index (χ1v) is 9.35. The highest BCUT2D eigenvalue weighted by Gasteiger charge is 2.24. The van der Waals surface area contributed by atoms with E-state index in [2.05, 4.69) is 42.8 Å². The molecule has 2 aromatic rings. The van der Waals surface area contributed by atoms with Crippen LogP contribution in [0.1, 0.15) is 36.1 Å². The van der Waals surface area contributed by atoms with Crippen molar-refractivity contribution in [2.45, 2.75) is 52.7 Å². The smallest absolute Gasteiger partial charge is 0.147 e. The van der Waals surface area contributed by atoms with Gasteiger partial charge in [0.15, 0.2) is 0 Å². The number of nitrogen functional groups attached to an aromatic ring is 2. The van der Waals surface area contributed by atoms with E-state index in [9.17, 15) is 0 Å². The van der Waals surface area contributed by atoms with E-state index in [4.69, 9.17) is 20.9 Å². The van der Waals surface area contributed by atoms with Gasteiger partial charge in [0.2, 0.25) is 0 Å². The zero-order chi connectivity index (χ0) is 18.3. The molecule has 4 N–H and O–H groups in total. The summed E-state index contributed by atoms with van der Waals surface area (Å²) in [6.07, 6.45) is 2.46. The van der Waals surface area contributed by atoms with Gasteiger partial charge in [-0.2, -0.15) is 0 Å². The molecule has 2 heterocycles. The molecule has 0 fully saturated rings. The van der Waals surface area contributed by atoms with E-state index in [1.807, 2.05) is 19.1 Å². The van der Waals surface area contributed by atoms with Crippen molar-refractivity contribution in [1.29, 1.82) is 0 Å². The number of nitrogens with two attached hydrogens (primary N) is 2. The molecule has 0 radical (unpaired) electrons. The minimum Gasteiger partial charge on any atom is -0.488 e. The van der Waals surface area contributed by atoms with Crippen molar-refractivity contribution < 1.29 is 9.47 Å². The van der Waals surface area contributed by atoms with Gasteiger partial charge in [0.1, 0.15) is 23.7 Å². The molecule has 0 unspecified atom stereocenters. The number of benzene rings is 2. The second-order valence-electron chi connectivity index (χ2n) is 7.01. The molecule has 5 heteroatoms. The predicted octanol–water partition coefficient (Wildman–Crippen LogP) is 4.56. The van der Waals surface area contributed by atoms with Crippen LogP contribution < -0.4 is 20.9 Å². The van der Waals surface area contributed by atoms with Gasteiger partial charge in [-0.15, -0.1) is 0 Å². The number of anilines is 2. The summed E-state index contributed by atoms with van der Waals surface area (Å²) in [6.45, 7) is 8.22. The van der Waals surface area contributed by atoms with Crippen molar-refractivity contribution >= 4 is 27.3 Å². The van der Waals surface area contributed by atoms with Crippen LogP contribution in [0.3, 0.4) is 0 Å². The van der Waals surface area contributed by atoms with Crippen LogP contribution in [0, 0.1) is 13.8 Å². The summed E-state index contributed by atoms with van der Waals surface area (Å²) in [4.78, 5) is 0. The van der Waals surface area contributed by atoms with Gasteiger partial charge < -0.3 is 20.9 Å². The second-order valence-corrected chi connectivity index (χ2v) is 7.80.